The number of carbonyl (C=O) groups is 1. The number of amides is 1. The fraction of sp³-hybridized carbons (Fsp3) is 0.550. The van der Waals surface area contributed by atoms with Gasteiger partial charge in [-0.15, -0.1) is 0 Å². The van der Waals surface area contributed by atoms with Crippen molar-refractivity contribution in [1.29, 1.82) is 0 Å². The van der Waals surface area contributed by atoms with E-state index in [-0.39, 0.29) is 6.09 Å². The van der Waals surface area contributed by atoms with E-state index in [1.165, 1.54) is 40.6 Å². The molecule has 5 heteroatoms. The van der Waals surface area contributed by atoms with E-state index in [1.807, 2.05) is 25.7 Å². The number of carbonyl (C=O) groups excluding carboxylic acids is 1. The van der Waals surface area contributed by atoms with Crippen molar-refractivity contribution in [3.8, 4) is 0 Å². The molecule has 0 saturated heterocycles. The van der Waals surface area contributed by atoms with E-state index < -0.39 is 5.60 Å². The first-order valence-corrected chi connectivity index (χ1v) is 9.93. The topological polar surface area (TPSA) is 34.5 Å². The normalized spacial score (nSPS) is 17.4. The average molecular weight is 405 g/mol. The molecule has 2 aromatic rings. The predicted molar refractivity (Wildman–Crippen MR) is 103 cm³/mol. The van der Waals surface area contributed by atoms with E-state index in [4.69, 9.17) is 4.74 Å². The molecule has 3 heterocycles. The molecule has 134 valence electrons. The van der Waals surface area contributed by atoms with E-state index in [9.17, 15) is 4.79 Å². The lowest BCUT2D eigenvalue weighted by Gasteiger charge is -2.30. The third-order valence-electron chi connectivity index (χ3n) is 5.12. The quantitative estimate of drug-likeness (QED) is 0.616. The molecule has 0 unspecified atom stereocenters. The fourth-order valence-corrected chi connectivity index (χ4v) is 4.64. The van der Waals surface area contributed by atoms with Gasteiger partial charge in [-0.05, 0) is 57.7 Å². The van der Waals surface area contributed by atoms with Crippen LogP contribution >= 0.6 is 15.9 Å². The Morgan fingerprint density at radius 1 is 1.16 bits per heavy atom. The summed E-state index contributed by atoms with van der Waals surface area (Å²) in [5, 5.41) is 1.30. The van der Waals surface area contributed by atoms with Crippen LogP contribution in [0.25, 0.3) is 10.9 Å². The summed E-state index contributed by atoms with van der Waals surface area (Å²) in [4.78, 5) is 14.4. The molecule has 0 atom stereocenters. The van der Waals surface area contributed by atoms with Gasteiger partial charge < -0.3 is 14.2 Å². The van der Waals surface area contributed by atoms with Crippen molar-refractivity contribution in [3.05, 3.63) is 33.4 Å². The van der Waals surface area contributed by atoms with Crippen molar-refractivity contribution in [3.63, 3.8) is 0 Å². The molecule has 2 aliphatic rings. The van der Waals surface area contributed by atoms with Gasteiger partial charge in [0, 0.05) is 40.6 Å². The van der Waals surface area contributed by atoms with E-state index in [0.29, 0.717) is 6.54 Å². The number of aryl methyl sites for hydroxylation is 2. The first kappa shape index (κ1) is 17.0. The molecule has 0 spiro atoms. The lowest BCUT2D eigenvalue weighted by molar-refractivity contribution is 0.0223. The molecule has 0 radical (unpaired) electrons. The molecule has 2 aliphatic heterocycles. The van der Waals surface area contributed by atoms with E-state index in [2.05, 4.69) is 32.6 Å². The third-order valence-corrected chi connectivity index (χ3v) is 5.58. The van der Waals surface area contributed by atoms with Gasteiger partial charge in [-0.2, -0.15) is 0 Å². The minimum atomic E-state index is -0.456. The number of rotatable bonds is 0. The maximum atomic E-state index is 12.5. The molecule has 1 aromatic carbocycles. The second-order valence-corrected chi connectivity index (χ2v) is 9.06. The van der Waals surface area contributed by atoms with Crippen LogP contribution < -0.4 is 0 Å². The summed E-state index contributed by atoms with van der Waals surface area (Å²) in [6.07, 6.45) is 4.29. The summed E-state index contributed by atoms with van der Waals surface area (Å²) in [5.41, 5.74) is 5.08. The monoisotopic (exact) mass is 404 g/mol. The summed E-state index contributed by atoms with van der Waals surface area (Å²) < 4.78 is 9.24. The molecule has 0 N–H and O–H groups in total. The van der Waals surface area contributed by atoms with Gasteiger partial charge in [0.05, 0.1) is 12.1 Å². The Hall–Kier alpha value is -1.49. The van der Waals surface area contributed by atoms with Crippen molar-refractivity contribution < 1.29 is 9.53 Å². The second-order valence-electron chi connectivity index (χ2n) is 8.15. The smallest absolute Gasteiger partial charge is 0.410 e. The van der Waals surface area contributed by atoms with Crippen LogP contribution in [0.1, 0.15) is 50.4 Å². The number of hydrogen-bond acceptors (Lipinski definition) is 2. The van der Waals surface area contributed by atoms with E-state index in [1.54, 1.807) is 0 Å². The fourth-order valence-electron chi connectivity index (χ4n) is 4.14. The summed E-state index contributed by atoms with van der Waals surface area (Å²) >= 11 is 3.68. The van der Waals surface area contributed by atoms with Crippen LogP contribution in [0.2, 0.25) is 0 Å². The van der Waals surface area contributed by atoms with Crippen LogP contribution in [0.3, 0.4) is 0 Å². The Kier molecular flexibility index (Phi) is 4.10. The van der Waals surface area contributed by atoms with Gasteiger partial charge in [0.2, 0.25) is 0 Å². The highest BCUT2D eigenvalue weighted by molar-refractivity contribution is 9.10. The first-order valence-electron chi connectivity index (χ1n) is 9.14. The molecule has 4 nitrogen and oxygen atoms in total. The van der Waals surface area contributed by atoms with Crippen LogP contribution in [0.15, 0.2) is 16.6 Å². The number of aromatic nitrogens is 1. The Balaban J connectivity index is 1.77. The molecule has 0 fully saturated rings. The molecule has 0 saturated carbocycles. The van der Waals surface area contributed by atoms with Crippen LogP contribution in [-0.2, 0) is 30.7 Å². The standard InChI is InChI=1S/C20H25BrN2O2/c1-20(2,3)25-19(24)22-9-7-17-16(12-22)15-11-14(21)10-13-6-4-5-8-23(17)18(13)15/h10-11H,4-9,12H2,1-3H3. The van der Waals surface area contributed by atoms with Gasteiger partial charge in [-0.1, -0.05) is 15.9 Å². The van der Waals surface area contributed by atoms with E-state index in [0.717, 1.165) is 30.4 Å². The minimum absolute atomic E-state index is 0.207. The highest BCUT2D eigenvalue weighted by atomic mass is 79.9. The number of benzene rings is 1. The average Bonchev–Trinajstić information content (AvgIpc) is 2.68. The highest BCUT2D eigenvalue weighted by Gasteiger charge is 2.30. The Morgan fingerprint density at radius 2 is 1.96 bits per heavy atom. The second kappa shape index (κ2) is 6.04. The van der Waals surface area contributed by atoms with E-state index >= 15 is 0 Å². The largest absolute Gasteiger partial charge is 0.444 e. The molecule has 0 bridgehead atoms. The van der Waals surface area contributed by atoms with Gasteiger partial charge in [-0.3, -0.25) is 0 Å². The zero-order valence-corrected chi connectivity index (χ0v) is 16.8. The first-order chi connectivity index (χ1) is 11.8. The van der Waals surface area contributed by atoms with Crippen LogP contribution in [0.4, 0.5) is 4.79 Å². The molecule has 0 aliphatic carbocycles. The summed E-state index contributed by atoms with van der Waals surface area (Å²) in [6, 6.07) is 4.49. The lowest BCUT2D eigenvalue weighted by atomic mass is 10.0. The number of halogens is 1. The third kappa shape index (κ3) is 3.07. The highest BCUT2D eigenvalue weighted by Crippen LogP contribution is 2.37. The molecule has 1 amide bonds. The Bertz CT molecular complexity index is 848. The van der Waals surface area contributed by atoms with Crippen molar-refractivity contribution in [2.45, 2.75) is 65.1 Å². The molecular weight excluding hydrogens is 380 g/mol. The number of fused-ring (bicyclic) bond motifs is 3. The van der Waals surface area contributed by atoms with Crippen molar-refractivity contribution in [1.82, 2.24) is 9.47 Å². The molecular formula is C20H25BrN2O2. The van der Waals surface area contributed by atoms with Crippen molar-refractivity contribution >= 4 is 32.9 Å². The van der Waals surface area contributed by atoms with Crippen molar-refractivity contribution in [2.24, 2.45) is 0 Å². The summed E-state index contributed by atoms with van der Waals surface area (Å²) in [5.74, 6) is 0. The molecule has 1 aromatic heterocycles. The zero-order valence-electron chi connectivity index (χ0n) is 15.2. The van der Waals surface area contributed by atoms with Crippen LogP contribution in [0, 0.1) is 0 Å². The number of hydrogen-bond donors (Lipinski definition) is 0. The Labute approximate surface area is 157 Å². The summed E-state index contributed by atoms with van der Waals surface area (Å²) in [6.45, 7) is 8.22. The predicted octanol–water partition coefficient (Wildman–Crippen LogP) is 5.03. The van der Waals surface area contributed by atoms with Gasteiger partial charge in [0.1, 0.15) is 5.60 Å². The molecule has 25 heavy (non-hydrogen) atoms. The lowest BCUT2D eigenvalue weighted by Crippen LogP contribution is -2.40. The van der Waals surface area contributed by atoms with Crippen molar-refractivity contribution in [2.75, 3.05) is 6.54 Å². The SMILES string of the molecule is CC(C)(C)OC(=O)N1CCc2c(c3cc(Br)cc4c3n2CCCC4)C1. The van der Waals surface area contributed by atoms with Gasteiger partial charge in [0.25, 0.3) is 0 Å². The van der Waals surface area contributed by atoms with Gasteiger partial charge in [-0.25, -0.2) is 4.79 Å². The minimum Gasteiger partial charge on any atom is -0.444 e. The number of ether oxygens (including phenoxy) is 1. The maximum Gasteiger partial charge on any atom is 0.410 e. The maximum absolute atomic E-state index is 12.5. The van der Waals surface area contributed by atoms with Gasteiger partial charge in [0.15, 0.2) is 0 Å². The zero-order chi connectivity index (χ0) is 17.8. The van der Waals surface area contributed by atoms with Crippen LogP contribution in [0.5, 0.6) is 0 Å². The molecule has 4 rings (SSSR count). The van der Waals surface area contributed by atoms with Crippen LogP contribution in [-0.4, -0.2) is 27.7 Å². The summed E-state index contributed by atoms with van der Waals surface area (Å²) in [7, 11) is 0. The number of nitrogens with zero attached hydrogens (tertiary/aromatic N) is 2. The Morgan fingerprint density at radius 3 is 2.72 bits per heavy atom. The van der Waals surface area contributed by atoms with Gasteiger partial charge >= 0.3 is 6.09 Å².